The second kappa shape index (κ2) is 11.8. The third-order valence-corrected chi connectivity index (χ3v) is 6.01. The minimum atomic E-state index is -0.0490. The van der Waals surface area contributed by atoms with Gasteiger partial charge in [0.25, 0.3) is 0 Å². The van der Waals surface area contributed by atoms with Gasteiger partial charge in [-0.15, -0.1) is 0 Å². The number of thioether (sulfide) groups is 1. The molecule has 0 atom stereocenters. The molecule has 3 N–H and O–H groups in total. The van der Waals surface area contributed by atoms with Crippen LogP contribution >= 0.6 is 11.8 Å². The van der Waals surface area contributed by atoms with E-state index in [9.17, 15) is 4.79 Å². The fraction of sp³-hybridized carbons (Fsp3) is 0.375. The molecule has 3 aromatic carbocycles. The highest BCUT2D eigenvalue weighted by Crippen LogP contribution is 2.28. The van der Waals surface area contributed by atoms with E-state index in [-0.39, 0.29) is 12.5 Å². The lowest BCUT2D eigenvalue weighted by molar-refractivity contribution is -0.126. The Kier molecular flexibility index (Phi) is 8.81. The van der Waals surface area contributed by atoms with Crippen LogP contribution in [0.2, 0.25) is 0 Å². The number of fused-ring (bicyclic) bond motifs is 2. The molecule has 0 aliphatic rings. The molecule has 0 radical (unpaired) electrons. The molecule has 0 heterocycles. The predicted octanol–water partition coefficient (Wildman–Crippen LogP) is 4.49. The number of amides is 1. The third-order valence-electron chi connectivity index (χ3n) is 4.91. The van der Waals surface area contributed by atoms with Gasteiger partial charge in [0, 0.05) is 18.8 Å². The minimum absolute atomic E-state index is 0.0490. The van der Waals surface area contributed by atoms with Crippen molar-refractivity contribution in [2.45, 2.75) is 25.9 Å². The van der Waals surface area contributed by atoms with Crippen molar-refractivity contribution in [1.29, 1.82) is 0 Å². The standard InChI is InChI=1S/C24H30N2O2S/c25-12-15-29-14-7-1-6-13-26-24(27)18-28-17-23-21-10-4-2-8-19(21)16-20-9-3-5-11-22(20)23/h2-5,8-11,16H,1,6-7,12-15,17-18,25H2,(H,26,27). The summed E-state index contributed by atoms with van der Waals surface area (Å²) in [5.74, 6) is 2.12. The summed E-state index contributed by atoms with van der Waals surface area (Å²) in [5.41, 5.74) is 6.62. The first-order valence-electron chi connectivity index (χ1n) is 10.3. The third kappa shape index (κ3) is 6.46. The van der Waals surface area contributed by atoms with E-state index >= 15 is 0 Å². The Bertz CT molecular complexity index is 875. The van der Waals surface area contributed by atoms with Gasteiger partial charge in [0.2, 0.25) is 5.91 Å². The number of unbranched alkanes of at least 4 members (excludes halogenated alkanes) is 2. The molecule has 3 aromatic rings. The number of hydrogen-bond acceptors (Lipinski definition) is 4. The van der Waals surface area contributed by atoms with Gasteiger partial charge in [0.15, 0.2) is 0 Å². The summed E-state index contributed by atoms with van der Waals surface area (Å²) in [7, 11) is 0. The molecule has 4 nitrogen and oxygen atoms in total. The van der Waals surface area contributed by atoms with Crippen LogP contribution in [0.5, 0.6) is 0 Å². The maximum absolute atomic E-state index is 12.1. The zero-order valence-corrected chi connectivity index (χ0v) is 17.7. The van der Waals surface area contributed by atoms with E-state index in [0.29, 0.717) is 13.2 Å². The van der Waals surface area contributed by atoms with Crippen molar-refractivity contribution in [3.05, 3.63) is 60.2 Å². The number of nitrogens with two attached hydrogens (primary N) is 1. The Balaban J connectivity index is 1.46. The average molecular weight is 411 g/mol. The van der Waals surface area contributed by atoms with Crippen molar-refractivity contribution in [1.82, 2.24) is 5.32 Å². The fourth-order valence-corrected chi connectivity index (χ4v) is 4.26. The van der Waals surface area contributed by atoms with Crippen LogP contribution in [0.15, 0.2) is 54.6 Å². The van der Waals surface area contributed by atoms with E-state index in [0.717, 1.165) is 36.5 Å². The van der Waals surface area contributed by atoms with Crippen LogP contribution in [0.3, 0.4) is 0 Å². The summed E-state index contributed by atoms with van der Waals surface area (Å²) >= 11 is 1.90. The van der Waals surface area contributed by atoms with Gasteiger partial charge in [0.05, 0.1) is 6.61 Å². The van der Waals surface area contributed by atoms with Gasteiger partial charge in [-0.1, -0.05) is 55.0 Å². The van der Waals surface area contributed by atoms with E-state index < -0.39 is 0 Å². The molecule has 0 aliphatic carbocycles. The van der Waals surface area contributed by atoms with Crippen molar-refractivity contribution in [2.24, 2.45) is 5.73 Å². The Hall–Kier alpha value is -2.08. The van der Waals surface area contributed by atoms with Crippen molar-refractivity contribution in [2.75, 3.05) is 31.2 Å². The molecule has 0 spiro atoms. The Labute approximate surface area is 177 Å². The summed E-state index contributed by atoms with van der Waals surface area (Å²) in [4.78, 5) is 12.1. The highest BCUT2D eigenvalue weighted by atomic mass is 32.2. The largest absolute Gasteiger partial charge is 0.367 e. The van der Waals surface area contributed by atoms with Crippen LogP contribution in [0.4, 0.5) is 0 Å². The van der Waals surface area contributed by atoms with Crippen LogP contribution in [-0.4, -0.2) is 37.1 Å². The molecular formula is C24H30N2O2S. The van der Waals surface area contributed by atoms with E-state index in [2.05, 4.69) is 35.6 Å². The van der Waals surface area contributed by atoms with Gasteiger partial charge >= 0.3 is 0 Å². The quantitative estimate of drug-likeness (QED) is 0.341. The number of ether oxygens (including phenoxy) is 1. The molecule has 0 saturated heterocycles. The van der Waals surface area contributed by atoms with Crippen LogP contribution in [0, 0.1) is 0 Å². The summed E-state index contributed by atoms with van der Waals surface area (Å²) in [6.45, 7) is 1.97. The first-order valence-corrected chi connectivity index (χ1v) is 11.5. The fourth-order valence-electron chi connectivity index (χ4n) is 3.48. The lowest BCUT2D eigenvalue weighted by Crippen LogP contribution is -2.28. The number of hydrogen-bond donors (Lipinski definition) is 2. The number of nitrogens with one attached hydrogen (secondary N) is 1. The van der Waals surface area contributed by atoms with Gasteiger partial charge in [-0.3, -0.25) is 4.79 Å². The number of benzene rings is 3. The Morgan fingerprint density at radius 3 is 2.31 bits per heavy atom. The van der Waals surface area contributed by atoms with Crippen LogP contribution < -0.4 is 11.1 Å². The second-order valence-corrected chi connectivity index (χ2v) is 8.33. The van der Waals surface area contributed by atoms with Gasteiger partial charge in [-0.05, 0) is 51.8 Å². The monoisotopic (exact) mass is 410 g/mol. The summed E-state index contributed by atoms with van der Waals surface area (Å²) in [6, 6.07) is 18.9. The average Bonchev–Trinajstić information content (AvgIpc) is 2.75. The smallest absolute Gasteiger partial charge is 0.246 e. The molecule has 0 unspecified atom stereocenters. The first-order chi connectivity index (χ1) is 14.3. The van der Waals surface area contributed by atoms with E-state index in [1.165, 1.54) is 28.0 Å². The summed E-state index contributed by atoms with van der Waals surface area (Å²) in [5, 5.41) is 7.70. The molecule has 5 heteroatoms. The molecule has 1 amide bonds. The van der Waals surface area contributed by atoms with Gasteiger partial charge in [0.1, 0.15) is 6.61 Å². The summed E-state index contributed by atoms with van der Waals surface area (Å²) in [6.07, 6.45) is 3.30. The van der Waals surface area contributed by atoms with Crippen molar-refractivity contribution in [3.8, 4) is 0 Å². The molecule has 0 aromatic heterocycles. The first kappa shape index (κ1) is 21.6. The highest BCUT2D eigenvalue weighted by molar-refractivity contribution is 7.99. The lowest BCUT2D eigenvalue weighted by Gasteiger charge is -2.12. The molecule has 0 aliphatic heterocycles. The molecule has 29 heavy (non-hydrogen) atoms. The van der Waals surface area contributed by atoms with Crippen LogP contribution in [-0.2, 0) is 16.1 Å². The molecular weight excluding hydrogens is 380 g/mol. The molecule has 154 valence electrons. The zero-order valence-electron chi connectivity index (χ0n) is 16.9. The van der Waals surface area contributed by atoms with Crippen molar-refractivity contribution >= 4 is 39.2 Å². The number of carbonyl (C=O) groups is 1. The van der Waals surface area contributed by atoms with Gasteiger partial charge in [-0.25, -0.2) is 0 Å². The van der Waals surface area contributed by atoms with Gasteiger partial charge in [-0.2, -0.15) is 11.8 Å². The van der Waals surface area contributed by atoms with E-state index in [1.54, 1.807) is 0 Å². The van der Waals surface area contributed by atoms with Crippen LogP contribution in [0.1, 0.15) is 24.8 Å². The maximum Gasteiger partial charge on any atom is 0.246 e. The zero-order chi connectivity index (χ0) is 20.3. The maximum atomic E-state index is 12.1. The summed E-state index contributed by atoms with van der Waals surface area (Å²) < 4.78 is 5.79. The van der Waals surface area contributed by atoms with Crippen molar-refractivity contribution in [3.63, 3.8) is 0 Å². The predicted molar refractivity (Wildman–Crippen MR) is 124 cm³/mol. The van der Waals surface area contributed by atoms with Gasteiger partial charge < -0.3 is 15.8 Å². The molecule has 0 fully saturated rings. The number of carbonyl (C=O) groups excluding carboxylic acids is 1. The molecule has 0 bridgehead atoms. The van der Waals surface area contributed by atoms with Crippen LogP contribution in [0.25, 0.3) is 21.5 Å². The second-order valence-electron chi connectivity index (χ2n) is 7.10. The molecule has 3 rings (SSSR count). The lowest BCUT2D eigenvalue weighted by atomic mass is 9.97. The van der Waals surface area contributed by atoms with E-state index in [1.807, 2.05) is 36.0 Å². The van der Waals surface area contributed by atoms with Crippen molar-refractivity contribution < 1.29 is 9.53 Å². The topological polar surface area (TPSA) is 64.3 Å². The molecule has 0 saturated carbocycles. The number of rotatable bonds is 12. The normalized spacial score (nSPS) is 11.2. The van der Waals surface area contributed by atoms with E-state index in [4.69, 9.17) is 10.5 Å². The highest BCUT2D eigenvalue weighted by Gasteiger charge is 2.09. The minimum Gasteiger partial charge on any atom is -0.367 e. The Morgan fingerprint density at radius 1 is 0.931 bits per heavy atom. The Morgan fingerprint density at radius 2 is 1.62 bits per heavy atom. The SMILES string of the molecule is NCCSCCCCCNC(=O)COCc1c2ccccc2cc2ccccc12.